The van der Waals surface area contributed by atoms with Gasteiger partial charge in [0.25, 0.3) is 0 Å². The van der Waals surface area contributed by atoms with Gasteiger partial charge in [0.2, 0.25) is 0 Å². The molecular formula is C35H26NNaO3S. The van der Waals surface area contributed by atoms with E-state index in [1.165, 1.54) is 26.1 Å². The molecule has 0 aliphatic carbocycles. The van der Waals surface area contributed by atoms with E-state index in [4.69, 9.17) is 4.74 Å². The number of thiophene rings is 1. The van der Waals surface area contributed by atoms with Crippen molar-refractivity contribution < 1.29 is 44.2 Å². The number of aliphatic carboxylic acids is 1. The normalized spacial score (nSPS) is 11.5. The fourth-order valence-corrected chi connectivity index (χ4v) is 6.17. The van der Waals surface area contributed by atoms with Crippen LogP contribution in [0.4, 0.5) is 0 Å². The van der Waals surface area contributed by atoms with Crippen LogP contribution in [-0.2, 0) is 17.6 Å². The Bertz CT molecular complexity index is 1730. The number of carboxylic acid groups (broad SMARTS) is 1. The predicted molar refractivity (Wildman–Crippen MR) is 159 cm³/mol. The third-order valence-corrected chi connectivity index (χ3v) is 8.07. The average Bonchev–Trinajstić information content (AvgIpc) is 3.36. The van der Waals surface area contributed by atoms with Crippen LogP contribution in [0.3, 0.4) is 0 Å². The number of carboxylic acids is 1. The van der Waals surface area contributed by atoms with Crippen LogP contribution in [-0.4, -0.2) is 17.1 Å². The van der Waals surface area contributed by atoms with Gasteiger partial charge in [0.15, 0.2) is 0 Å². The Morgan fingerprint density at radius 1 is 0.756 bits per heavy atom. The molecule has 0 spiro atoms. The number of carbonyl (C=O) groups excluding carboxylic acids is 1. The topological polar surface area (TPSA) is 62.2 Å². The number of rotatable bonds is 9. The molecule has 0 aliphatic rings. The smallest absolute Gasteiger partial charge is 0.546 e. The summed E-state index contributed by atoms with van der Waals surface area (Å²) in [7, 11) is 0. The Morgan fingerprint density at radius 2 is 1.39 bits per heavy atom. The zero-order valence-electron chi connectivity index (χ0n) is 22.7. The van der Waals surface area contributed by atoms with Crippen molar-refractivity contribution in [1.82, 2.24) is 4.98 Å². The molecule has 4 nitrogen and oxygen atoms in total. The summed E-state index contributed by atoms with van der Waals surface area (Å²) >= 11 is 1.82. The van der Waals surface area contributed by atoms with E-state index in [1.54, 1.807) is 0 Å². The summed E-state index contributed by atoms with van der Waals surface area (Å²) in [4.78, 5) is 17.5. The monoisotopic (exact) mass is 563 g/mol. The van der Waals surface area contributed by atoms with Gasteiger partial charge in [-0.05, 0) is 52.6 Å². The van der Waals surface area contributed by atoms with Crippen LogP contribution >= 0.6 is 11.3 Å². The zero-order valence-corrected chi connectivity index (χ0v) is 25.5. The second-order valence-corrected chi connectivity index (χ2v) is 10.7. The molecule has 6 rings (SSSR count). The zero-order chi connectivity index (χ0) is 27.3. The van der Waals surface area contributed by atoms with Crippen LogP contribution in [0, 0.1) is 0 Å². The minimum absolute atomic E-state index is 0. The summed E-state index contributed by atoms with van der Waals surface area (Å²) in [5.74, 6) is -0.735. The Hall–Kier alpha value is -3.74. The molecule has 1 atom stereocenters. The van der Waals surface area contributed by atoms with Crippen LogP contribution in [0.5, 0.6) is 5.75 Å². The van der Waals surface area contributed by atoms with E-state index in [9.17, 15) is 9.90 Å². The van der Waals surface area contributed by atoms with Crippen molar-refractivity contribution in [2.45, 2.75) is 18.9 Å². The quantitative estimate of drug-likeness (QED) is 0.250. The number of carbonyl (C=O) groups is 1. The van der Waals surface area contributed by atoms with E-state index >= 15 is 0 Å². The van der Waals surface area contributed by atoms with Crippen LogP contribution < -0.4 is 39.4 Å². The second kappa shape index (κ2) is 13.3. The van der Waals surface area contributed by atoms with Crippen molar-refractivity contribution in [1.29, 1.82) is 0 Å². The molecule has 0 saturated heterocycles. The van der Waals surface area contributed by atoms with Crippen molar-refractivity contribution in [3.63, 3.8) is 0 Å². The maximum absolute atomic E-state index is 11.7. The molecule has 4 aromatic carbocycles. The van der Waals surface area contributed by atoms with Crippen molar-refractivity contribution >= 4 is 27.4 Å². The molecule has 0 bridgehead atoms. The summed E-state index contributed by atoms with van der Waals surface area (Å²) in [5, 5.41) is 13.0. The van der Waals surface area contributed by atoms with Gasteiger partial charge in [-0.3, -0.25) is 4.98 Å². The number of aromatic nitrogens is 1. The first-order chi connectivity index (χ1) is 19.6. The molecule has 6 aromatic rings. The molecule has 0 aliphatic heterocycles. The van der Waals surface area contributed by atoms with Gasteiger partial charge in [0.1, 0.15) is 11.9 Å². The Kier molecular flexibility index (Phi) is 9.32. The molecule has 2 aromatic heterocycles. The maximum Gasteiger partial charge on any atom is 1.00 e. The Labute approximate surface area is 265 Å². The summed E-state index contributed by atoms with van der Waals surface area (Å²) < 4.78 is 7.04. The van der Waals surface area contributed by atoms with Gasteiger partial charge in [0.05, 0.1) is 5.97 Å². The average molecular weight is 564 g/mol. The minimum Gasteiger partial charge on any atom is -0.546 e. The maximum atomic E-state index is 11.7. The van der Waals surface area contributed by atoms with Crippen LogP contribution in [0.15, 0.2) is 128 Å². The second-order valence-electron chi connectivity index (χ2n) is 9.61. The van der Waals surface area contributed by atoms with Gasteiger partial charge in [0, 0.05) is 45.3 Å². The number of nitrogens with zero attached hydrogens (tertiary/aromatic N) is 1. The van der Waals surface area contributed by atoms with Crippen molar-refractivity contribution in [3.8, 4) is 28.0 Å². The van der Waals surface area contributed by atoms with Gasteiger partial charge >= 0.3 is 29.6 Å². The first-order valence-electron chi connectivity index (χ1n) is 13.2. The molecule has 0 unspecified atom stereocenters. The van der Waals surface area contributed by atoms with Crippen LogP contribution in [0.1, 0.15) is 16.1 Å². The molecule has 0 fully saturated rings. The number of hydrogen-bond donors (Lipinski definition) is 0. The molecule has 0 N–H and O–H groups in total. The summed E-state index contributed by atoms with van der Waals surface area (Å²) in [6.07, 6.45) is 1.81. The van der Waals surface area contributed by atoms with Gasteiger partial charge < -0.3 is 14.6 Å². The summed E-state index contributed by atoms with van der Waals surface area (Å²) in [5.41, 5.74) is 6.46. The largest absolute Gasteiger partial charge is 1.00 e. The van der Waals surface area contributed by atoms with Gasteiger partial charge in [-0.2, -0.15) is 0 Å². The molecular weight excluding hydrogens is 537 g/mol. The molecule has 0 saturated carbocycles. The van der Waals surface area contributed by atoms with Crippen molar-refractivity contribution in [2.24, 2.45) is 0 Å². The Balaban J connectivity index is 0.00000337. The number of pyridine rings is 1. The van der Waals surface area contributed by atoms with Crippen LogP contribution in [0.25, 0.3) is 32.3 Å². The SMILES string of the molecule is O=C([O-])[C@@H](Cc1ccccc1)Oc1ccc(-c2ccc(-c3c(Cc4ccccn4)sc4ccccc34)cc2)cc1.[Na+]. The van der Waals surface area contributed by atoms with Gasteiger partial charge in [-0.1, -0.05) is 91.0 Å². The molecule has 196 valence electrons. The standard InChI is InChI=1S/C35H27NO3S.Na/c37-35(38)31(22-24-8-2-1-3-9-24)39-29-19-17-26(18-20-29)25-13-15-27(16-14-25)34-30-11-4-5-12-32(30)40-33(34)23-28-10-6-7-21-36-28;/h1-21,31H,22-23H2,(H,37,38);/q;+1/p-1/t31-;/m1./s1. The third-order valence-electron chi connectivity index (χ3n) is 6.90. The van der Waals surface area contributed by atoms with E-state index in [1.807, 2.05) is 84.3 Å². The fourth-order valence-electron chi connectivity index (χ4n) is 4.93. The number of ether oxygens (including phenoxy) is 1. The third kappa shape index (κ3) is 6.77. The first kappa shape index (κ1) is 28.8. The number of benzene rings is 4. The molecule has 0 radical (unpaired) electrons. The Morgan fingerprint density at radius 3 is 2.07 bits per heavy atom. The minimum atomic E-state index is -1.23. The molecule has 6 heteroatoms. The van der Waals surface area contributed by atoms with Crippen molar-refractivity contribution in [2.75, 3.05) is 0 Å². The first-order valence-corrected chi connectivity index (χ1v) is 14.0. The molecule has 0 amide bonds. The van der Waals surface area contributed by atoms with E-state index in [0.717, 1.165) is 28.8 Å². The van der Waals surface area contributed by atoms with Gasteiger partial charge in [-0.15, -0.1) is 11.3 Å². The van der Waals surface area contributed by atoms with Gasteiger partial charge in [-0.25, -0.2) is 0 Å². The van der Waals surface area contributed by atoms with Crippen molar-refractivity contribution in [3.05, 3.63) is 144 Å². The van der Waals surface area contributed by atoms with E-state index < -0.39 is 12.1 Å². The van der Waals surface area contributed by atoms with E-state index in [-0.39, 0.29) is 36.0 Å². The predicted octanol–water partition coefficient (Wildman–Crippen LogP) is 3.97. The summed E-state index contributed by atoms with van der Waals surface area (Å²) in [6.45, 7) is 0. The molecule has 2 heterocycles. The fraction of sp³-hybridized carbons (Fsp3) is 0.0857. The van der Waals surface area contributed by atoms with E-state index in [0.29, 0.717) is 5.75 Å². The number of hydrogen-bond acceptors (Lipinski definition) is 5. The molecule has 41 heavy (non-hydrogen) atoms. The number of fused-ring (bicyclic) bond motifs is 1. The van der Waals surface area contributed by atoms with E-state index in [2.05, 4.69) is 59.6 Å². The van der Waals surface area contributed by atoms with Crippen LogP contribution in [0.2, 0.25) is 0 Å². The summed E-state index contributed by atoms with van der Waals surface area (Å²) in [6, 6.07) is 40.1.